The maximum atomic E-state index is 12.1. The summed E-state index contributed by atoms with van der Waals surface area (Å²) in [5, 5.41) is 3.11. The molecular formula is C18H27N3O. The van der Waals surface area contributed by atoms with Crippen LogP contribution in [0.25, 0.3) is 0 Å². The Bertz CT molecular complexity index is 508. The molecule has 2 aliphatic rings. The van der Waals surface area contributed by atoms with Crippen molar-refractivity contribution in [1.29, 1.82) is 0 Å². The van der Waals surface area contributed by atoms with Gasteiger partial charge in [-0.2, -0.15) is 0 Å². The van der Waals surface area contributed by atoms with Crippen LogP contribution in [0.15, 0.2) is 24.3 Å². The first-order valence-corrected chi connectivity index (χ1v) is 8.39. The lowest BCUT2D eigenvalue weighted by Gasteiger charge is -2.15. The maximum absolute atomic E-state index is 12.1. The lowest BCUT2D eigenvalue weighted by Crippen LogP contribution is -2.32. The first-order valence-electron chi connectivity index (χ1n) is 8.39. The molecule has 120 valence electrons. The van der Waals surface area contributed by atoms with E-state index in [1.54, 1.807) is 0 Å². The van der Waals surface area contributed by atoms with Crippen LogP contribution >= 0.6 is 0 Å². The fourth-order valence-electron chi connectivity index (χ4n) is 3.22. The van der Waals surface area contributed by atoms with E-state index in [-0.39, 0.29) is 5.91 Å². The van der Waals surface area contributed by atoms with Gasteiger partial charge in [-0.05, 0) is 49.4 Å². The van der Waals surface area contributed by atoms with Gasteiger partial charge in [0, 0.05) is 38.9 Å². The molecule has 4 nitrogen and oxygen atoms in total. The van der Waals surface area contributed by atoms with Gasteiger partial charge in [-0.25, -0.2) is 0 Å². The van der Waals surface area contributed by atoms with Crippen LogP contribution in [0.1, 0.15) is 24.8 Å². The van der Waals surface area contributed by atoms with Gasteiger partial charge in [0.05, 0.1) is 6.42 Å². The number of benzene rings is 1. The van der Waals surface area contributed by atoms with Gasteiger partial charge in [0.1, 0.15) is 0 Å². The lowest BCUT2D eigenvalue weighted by atomic mass is 10.1. The molecule has 1 amide bonds. The van der Waals surface area contributed by atoms with Crippen molar-refractivity contribution in [2.75, 3.05) is 38.6 Å². The zero-order valence-corrected chi connectivity index (χ0v) is 13.7. The standard InChI is InChI=1S/C18H27N3O/c1-20(2)16-5-3-14(4-6-16)11-18(22)19-12-15-9-10-21(13-15)17-7-8-17/h3-6,15,17H,7-13H2,1-2H3,(H,19,22)/t15-/m0/s1. The molecule has 1 saturated heterocycles. The number of carbonyl (C=O) groups excluding carboxylic acids is 1. The molecule has 0 radical (unpaired) electrons. The van der Waals surface area contributed by atoms with Crippen LogP contribution in [0.3, 0.4) is 0 Å². The van der Waals surface area contributed by atoms with Crippen molar-refractivity contribution in [3.63, 3.8) is 0 Å². The molecular weight excluding hydrogens is 274 g/mol. The third-order valence-electron chi connectivity index (χ3n) is 4.79. The van der Waals surface area contributed by atoms with Crippen molar-refractivity contribution >= 4 is 11.6 Å². The summed E-state index contributed by atoms with van der Waals surface area (Å²) in [6.07, 6.45) is 4.46. The number of carbonyl (C=O) groups is 1. The smallest absolute Gasteiger partial charge is 0.224 e. The van der Waals surface area contributed by atoms with Gasteiger partial charge in [0.2, 0.25) is 5.91 Å². The number of rotatable bonds is 6. The van der Waals surface area contributed by atoms with E-state index in [0.717, 1.165) is 23.8 Å². The van der Waals surface area contributed by atoms with Gasteiger partial charge in [0.15, 0.2) is 0 Å². The average molecular weight is 301 g/mol. The van der Waals surface area contributed by atoms with Crippen LogP contribution in [0.5, 0.6) is 0 Å². The summed E-state index contributed by atoms with van der Waals surface area (Å²) in [6, 6.07) is 9.06. The minimum atomic E-state index is 0.141. The summed E-state index contributed by atoms with van der Waals surface area (Å²) < 4.78 is 0. The highest BCUT2D eigenvalue weighted by Gasteiger charge is 2.34. The van der Waals surface area contributed by atoms with Gasteiger partial charge < -0.3 is 15.1 Å². The van der Waals surface area contributed by atoms with E-state index in [1.807, 2.05) is 26.2 Å². The van der Waals surface area contributed by atoms with Crippen molar-refractivity contribution in [3.05, 3.63) is 29.8 Å². The van der Waals surface area contributed by atoms with Gasteiger partial charge in [-0.15, -0.1) is 0 Å². The lowest BCUT2D eigenvalue weighted by molar-refractivity contribution is -0.120. The molecule has 4 heteroatoms. The highest BCUT2D eigenvalue weighted by atomic mass is 16.1. The van der Waals surface area contributed by atoms with Crippen molar-refractivity contribution in [1.82, 2.24) is 10.2 Å². The molecule has 1 saturated carbocycles. The van der Waals surface area contributed by atoms with Crippen LogP contribution in [-0.2, 0) is 11.2 Å². The van der Waals surface area contributed by atoms with E-state index in [1.165, 1.54) is 32.4 Å². The Morgan fingerprint density at radius 3 is 2.59 bits per heavy atom. The van der Waals surface area contributed by atoms with Crippen LogP contribution in [0.2, 0.25) is 0 Å². The fourth-order valence-corrected chi connectivity index (χ4v) is 3.22. The zero-order valence-electron chi connectivity index (χ0n) is 13.7. The summed E-state index contributed by atoms with van der Waals surface area (Å²) in [6.45, 7) is 3.22. The van der Waals surface area contributed by atoms with E-state index in [2.05, 4.69) is 27.2 Å². The molecule has 1 N–H and O–H groups in total. The molecule has 3 rings (SSSR count). The van der Waals surface area contributed by atoms with Gasteiger partial charge in [0.25, 0.3) is 0 Å². The largest absolute Gasteiger partial charge is 0.378 e. The molecule has 1 aliphatic heterocycles. The molecule has 2 fully saturated rings. The predicted octanol–water partition coefficient (Wildman–Crippen LogP) is 1.90. The molecule has 0 unspecified atom stereocenters. The summed E-state index contributed by atoms with van der Waals surface area (Å²) in [5.41, 5.74) is 2.24. The molecule has 0 aromatic heterocycles. The Balaban J connectivity index is 1.40. The predicted molar refractivity (Wildman–Crippen MR) is 90.2 cm³/mol. The zero-order chi connectivity index (χ0) is 15.5. The minimum Gasteiger partial charge on any atom is -0.378 e. The number of nitrogens with one attached hydrogen (secondary N) is 1. The summed E-state index contributed by atoms with van der Waals surface area (Å²) >= 11 is 0. The van der Waals surface area contributed by atoms with E-state index < -0.39 is 0 Å². The second-order valence-corrected chi connectivity index (χ2v) is 6.92. The Kier molecular flexibility index (Phi) is 4.67. The van der Waals surface area contributed by atoms with E-state index in [0.29, 0.717) is 12.3 Å². The number of anilines is 1. The maximum Gasteiger partial charge on any atom is 0.224 e. The molecule has 1 atom stereocenters. The van der Waals surface area contributed by atoms with Crippen LogP contribution in [0.4, 0.5) is 5.69 Å². The monoisotopic (exact) mass is 301 g/mol. The Hall–Kier alpha value is -1.55. The van der Waals surface area contributed by atoms with Gasteiger partial charge in [-0.1, -0.05) is 12.1 Å². The van der Waals surface area contributed by atoms with Crippen molar-refractivity contribution < 1.29 is 4.79 Å². The van der Waals surface area contributed by atoms with E-state index in [4.69, 9.17) is 0 Å². The molecule has 0 spiro atoms. The average Bonchev–Trinajstić information content (AvgIpc) is 3.25. The number of hydrogen-bond acceptors (Lipinski definition) is 3. The first kappa shape index (κ1) is 15.3. The summed E-state index contributed by atoms with van der Waals surface area (Å²) in [7, 11) is 4.04. The van der Waals surface area contributed by atoms with Crippen LogP contribution < -0.4 is 10.2 Å². The van der Waals surface area contributed by atoms with Crippen LogP contribution in [0, 0.1) is 5.92 Å². The van der Waals surface area contributed by atoms with Crippen molar-refractivity contribution in [2.24, 2.45) is 5.92 Å². The Morgan fingerprint density at radius 1 is 1.23 bits per heavy atom. The quantitative estimate of drug-likeness (QED) is 0.871. The highest BCUT2D eigenvalue weighted by molar-refractivity contribution is 5.78. The number of nitrogens with zero attached hydrogens (tertiary/aromatic N) is 2. The summed E-state index contributed by atoms with van der Waals surface area (Å²) in [5.74, 6) is 0.781. The topological polar surface area (TPSA) is 35.6 Å². The highest BCUT2D eigenvalue weighted by Crippen LogP contribution is 2.31. The molecule has 1 heterocycles. The third-order valence-corrected chi connectivity index (χ3v) is 4.79. The summed E-state index contributed by atoms with van der Waals surface area (Å²) in [4.78, 5) is 16.7. The van der Waals surface area contributed by atoms with Crippen molar-refractivity contribution in [3.8, 4) is 0 Å². The van der Waals surface area contributed by atoms with Crippen molar-refractivity contribution in [2.45, 2.75) is 31.7 Å². The van der Waals surface area contributed by atoms with Gasteiger partial charge in [-0.3, -0.25) is 4.79 Å². The minimum absolute atomic E-state index is 0.141. The third kappa shape index (κ3) is 4.01. The SMILES string of the molecule is CN(C)c1ccc(CC(=O)NC[C@@H]2CCN(C3CC3)C2)cc1. The second kappa shape index (κ2) is 6.69. The Morgan fingerprint density at radius 2 is 1.95 bits per heavy atom. The second-order valence-electron chi connectivity index (χ2n) is 6.92. The van der Waals surface area contributed by atoms with Gasteiger partial charge >= 0.3 is 0 Å². The molecule has 1 aromatic rings. The van der Waals surface area contributed by atoms with Crippen LogP contribution in [-0.4, -0.2) is 50.6 Å². The first-order chi connectivity index (χ1) is 10.6. The normalized spacial score (nSPS) is 21.8. The molecule has 0 bridgehead atoms. The number of amides is 1. The molecule has 1 aromatic carbocycles. The van der Waals surface area contributed by atoms with E-state index in [9.17, 15) is 4.79 Å². The Labute approximate surface area is 133 Å². The van der Waals surface area contributed by atoms with E-state index >= 15 is 0 Å². The number of hydrogen-bond donors (Lipinski definition) is 1. The fraction of sp³-hybridized carbons (Fsp3) is 0.611. The molecule has 1 aliphatic carbocycles. The number of likely N-dealkylation sites (tertiary alicyclic amines) is 1. The molecule has 22 heavy (non-hydrogen) atoms.